The van der Waals surface area contributed by atoms with Gasteiger partial charge in [-0.25, -0.2) is 13.2 Å². The fourth-order valence-corrected chi connectivity index (χ4v) is 3.75. The Labute approximate surface area is 126 Å². The van der Waals surface area contributed by atoms with Crippen LogP contribution in [0.4, 0.5) is 5.69 Å². The van der Waals surface area contributed by atoms with Gasteiger partial charge in [0.2, 0.25) is 16.1 Å². The van der Waals surface area contributed by atoms with E-state index < -0.39 is 10.0 Å². The van der Waals surface area contributed by atoms with Crippen molar-refractivity contribution in [2.45, 2.75) is 32.6 Å². The highest BCUT2D eigenvalue weighted by Crippen LogP contribution is 2.21. The number of sulfonamides is 1. The van der Waals surface area contributed by atoms with Crippen molar-refractivity contribution in [3.8, 4) is 0 Å². The largest absolute Gasteiger partial charge is 0.243 e. The van der Waals surface area contributed by atoms with Gasteiger partial charge in [-0.3, -0.25) is 0 Å². The van der Waals surface area contributed by atoms with Crippen molar-refractivity contribution in [2.24, 2.45) is 16.8 Å². The molecular weight excluding hydrogens is 288 g/mol. The molecule has 116 valence electrons. The lowest BCUT2D eigenvalue weighted by Gasteiger charge is -2.25. The molecule has 0 amide bonds. The zero-order valence-electron chi connectivity index (χ0n) is 12.9. The quantitative estimate of drug-likeness (QED) is 0.574. The molecule has 6 heteroatoms. The average molecular weight is 310 g/mol. The van der Waals surface area contributed by atoms with Gasteiger partial charge < -0.3 is 0 Å². The summed E-state index contributed by atoms with van der Waals surface area (Å²) in [6, 6.07) is 5.94. The van der Waals surface area contributed by atoms with Gasteiger partial charge in [-0.1, -0.05) is 27.7 Å². The van der Waals surface area contributed by atoms with Crippen molar-refractivity contribution >= 4 is 21.8 Å². The normalized spacial score (nSPS) is 12.0. The van der Waals surface area contributed by atoms with E-state index in [4.69, 9.17) is 0 Å². The number of rotatable bonds is 7. The van der Waals surface area contributed by atoms with Crippen LogP contribution in [0.5, 0.6) is 0 Å². The average Bonchev–Trinajstić information content (AvgIpc) is 2.38. The molecule has 0 aliphatic heterocycles. The van der Waals surface area contributed by atoms with Crippen LogP contribution in [0.15, 0.2) is 34.2 Å². The SMILES string of the molecule is CC(C)CN(CC(C)C)S(=O)(=O)c1ccc(N=C=O)cc1. The molecule has 21 heavy (non-hydrogen) atoms. The maximum absolute atomic E-state index is 12.7. The molecule has 0 saturated heterocycles. The van der Waals surface area contributed by atoms with Crippen molar-refractivity contribution in [2.75, 3.05) is 13.1 Å². The topological polar surface area (TPSA) is 66.8 Å². The third kappa shape index (κ3) is 5.08. The molecule has 1 aromatic carbocycles. The Kier molecular flexibility index (Phi) is 6.27. The van der Waals surface area contributed by atoms with Gasteiger partial charge in [0.05, 0.1) is 10.6 Å². The van der Waals surface area contributed by atoms with Crippen LogP contribution in [0, 0.1) is 11.8 Å². The van der Waals surface area contributed by atoms with E-state index >= 15 is 0 Å². The van der Waals surface area contributed by atoms with E-state index in [1.165, 1.54) is 34.7 Å². The van der Waals surface area contributed by atoms with Crippen LogP contribution in [0.1, 0.15) is 27.7 Å². The van der Waals surface area contributed by atoms with E-state index in [0.29, 0.717) is 18.8 Å². The molecule has 5 nitrogen and oxygen atoms in total. The standard InChI is InChI=1S/C15H22N2O3S/c1-12(2)9-17(10-13(3)4)21(19,20)15-7-5-14(6-8-15)16-11-18/h5-8,12-13H,9-10H2,1-4H3. The molecule has 1 rings (SSSR count). The molecule has 0 spiro atoms. The second kappa shape index (κ2) is 7.50. The summed E-state index contributed by atoms with van der Waals surface area (Å²) in [5.74, 6) is 0.495. The fourth-order valence-electron chi connectivity index (χ4n) is 1.98. The van der Waals surface area contributed by atoms with Crippen LogP contribution in [-0.2, 0) is 14.8 Å². The number of benzene rings is 1. The summed E-state index contributed by atoms with van der Waals surface area (Å²) in [6.45, 7) is 8.93. The van der Waals surface area contributed by atoms with Crippen LogP contribution >= 0.6 is 0 Å². The summed E-state index contributed by atoms with van der Waals surface area (Å²) < 4.78 is 26.9. The Morgan fingerprint density at radius 1 is 1.05 bits per heavy atom. The lowest BCUT2D eigenvalue weighted by atomic mass is 10.2. The first-order valence-corrected chi connectivity index (χ1v) is 8.39. The van der Waals surface area contributed by atoms with Crippen molar-refractivity contribution in [1.29, 1.82) is 0 Å². The molecule has 1 aromatic rings. The predicted molar refractivity (Wildman–Crippen MR) is 82.7 cm³/mol. The van der Waals surface area contributed by atoms with Gasteiger partial charge in [-0.2, -0.15) is 9.30 Å². The van der Waals surface area contributed by atoms with Crippen LogP contribution in [0.2, 0.25) is 0 Å². The molecule has 0 fully saturated rings. The summed E-state index contributed by atoms with van der Waals surface area (Å²) in [5, 5.41) is 0. The van der Waals surface area contributed by atoms with Gasteiger partial charge in [0.1, 0.15) is 0 Å². The Hall–Kier alpha value is -1.49. The minimum absolute atomic E-state index is 0.216. The number of hydrogen-bond acceptors (Lipinski definition) is 4. The van der Waals surface area contributed by atoms with Gasteiger partial charge in [0, 0.05) is 13.1 Å². The smallest absolute Gasteiger partial charge is 0.211 e. The monoisotopic (exact) mass is 310 g/mol. The van der Waals surface area contributed by atoms with Gasteiger partial charge in [0.25, 0.3) is 0 Å². The highest BCUT2D eigenvalue weighted by Gasteiger charge is 2.25. The highest BCUT2D eigenvalue weighted by atomic mass is 32.2. The number of carbonyl (C=O) groups excluding carboxylic acids is 1. The Morgan fingerprint density at radius 3 is 1.90 bits per heavy atom. The van der Waals surface area contributed by atoms with E-state index in [1.807, 2.05) is 27.7 Å². The van der Waals surface area contributed by atoms with Crippen LogP contribution < -0.4 is 0 Å². The molecule has 0 N–H and O–H groups in total. The Balaban J connectivity index is 3.11. The first-order valence-electron chi connectivity index (χ1n) is 6.95. The lowest BCUT2D eigenvalue weighted by molar-refractivity contribution is 0.333. The molecule has 0 aliphatic carbocycles. The molecule has 0 bridgehead atoms. The number of aliphatic imine (C=N–C) groups is 1. The van der Waals surface area contributed by atoms with E-state index in [0.717, 1.165) is 0 Å². The molecule has 0 aromatic heterocycles. The van der Waals surface area contributed by atoms with Crippen LogP contribution in [-0.4, -0.2) is 31.9 Å². The predicted octanol–water partition coefficient (Wildman–Crippen LogP) is 2.96. The molecule has 0 radical (unpaired) electrons. The molecular formula is C15H22N2O3S. The van der Waals surface area contributed by atoms with Crippen LogP contribution in [0.3, 0.4) is 0 Å². The summed E-state index contributed by atoms with van der Waals surface area (Å²) in [6.07, 6.45) is 1.43. The van der Waals surface area contributed by atoms with E-state index in [1.54, 1.807) is 0 Å². The maximum atomic E-state index is 12.7. The van der Waals surface area contributed by atoms with Gasteiger partial charge in [0.15, 0.2) is 0 Å². The first kappa shape index (κ1) is 17.6. The Bertz CT molecular complexity index is 590. The molecule has 0 aliphatic rings. The second-order valence-electron chi connectivity index (χ2n) is 5.81. The number of nitrogens with zero attached hydrogens (tertiary/aromatic N) is 2. The molecule has 0 heterocycles. The molecule has 0 unspecified atom stereocenters. The summed E-state index contributed by atoms with van der Waals surface area (Å²) in [4.78, 5) is 13.9. The summed E-state index contributed by atoms with van der Waals surface area (Å²) >= 11 is 0. The highest BCUT2D eigenvalue weighted by molar-refractivity contribution is 7.89. The minimum atomic E-state index is -3.53. The van der Waals surface area contributed by atoms with E-state index in [-0.39, 0.29) is 16.7 Å². The number of hydrogen-bond donors (Lipinski definition) is 0. The van der Waals surface area contributed by atoms with E-state index in [9.17, 15) is 13.2 Å². The third-order valence-corrected chi connectivity index (χ3v) is 4.63. The number of isocyanates is 1. The second-order valence-corrected chi connectivity index (χ2v) is 7.74. The van der Waals surface area contributed by atoms with Gasteiger partial charge in [-0.05, 0) is 36.1 Å². The lowest BCUT2D eigenvalue weighted by Crippen LogP contribution is -2.36. The molecule has 0 saturated carbocycles. The first-order chi connectivity index (χ1) is 9.77. The third-order valence-electron chi connectivity index (χ3n) is 2.79. The maximum Gasteiger partial charge on any atom is 0.243 e. The van der Waals surface area contributed by atoms with E-state index in [2.05, 4.69) is 4.99 Å². The Morgan fingerprint density at radius 2 is 1.52 bits per heavy atom. The minimum Gasteiger partial charge on any atom is -0.211 e. The van der Waals surface area contributed by atoms with Crippen molar-refractivity contribution in [3.63, 3.8) is 0 Å². The zero-order valence-corrected chi connectivity index (χ0v) is 13.7. The van der Waals surface area contributed by atoms with Crippen molar-refractivity contribution in [3.05, 3.63) is 24.3 Å². The molecule has 0 atom stereocenters. The van der Waals surface area contributed by atoms with Crippen molar-refractivity contribution < 1.29 is 13.2 Å². The van der Waals surface area contributed by atoms with Gasteiger partial charge in [-0.15, -0.1) is 0 Å². The zero-order chi connectivity index (χ0) is 16.0. The van der Waals surface area contributed by atoms with Gasteiger partial charge >= 0.3 is 0 Å². The van der Waals surface area contributed by atoms with Crippen LogP contribution in [0.25, 0.3) is 0 Å². The summed E-state index contributed by atoms with van der Waals surface area (Å²) in [7, 11) is -3.53. The van der Waals surface area contributed by atoms with Crippen molar-refractivity contribution in [1.82, 2.24) is 4.31 Å². The summed E-state index contributed by atoms with van der Waals surface area (Å²) in [5.41, 5.74) is 0.392. The fraction of sp³-hybridized carbons (Fsp3) is 0.533.